The molecule has 0 radical (unpaired) electrons. The van der Waals surface area contributed by atoms with E-state index in [2.05, 4.69) is 9.97 Å². The highest BCUT2D eigenvalue weighted by molar-refractivity contribution is 5.17. The topological polar surface area (TPSA) is 48.9 Å². The molecule has 1 saturated carbocycles. The lowest BCUT2D eigenvalue weighted by Gasteiger charge is -2.10. The van der Waals surface area contributed by atoms with Crippen LogP contribution in [0.15, 0.2) is 6.20 Å². The van der Waals surface area contributed by atoms with E-state index in [1.54, 1.807) is 0 Å². The highest BCUT2D eigenvalue weighted by Gasteiger charge is 2.45. The lowest BCUT2D eigenvalue weighted by molar-refractivity contribution is 0.141. The van der Waals surface area contributed by atoms with Crippen LogP contribution in [0.3, 0.4) is 0 Å². The van der Waals surface area contributed by atoms with E-state index < -0.39 is 11.3 Å². The second-order valence-electron chi connectivity index (χ2n) is 4.15. The Hall–Kier alpha value is -0.900. The van der Waals surface area contributed by atoms with Crippen LogP contribution in [0.1, 0.15) is 38.2 Å². The molecule has 2 N–H and O–H groups in total. The molecule has 2 rings (SSSR count). The van der Waals surface area contributed by atoms with Gasteiger partial charge in [0.15, 0.2) is 0 Å². The largest absolute Gasteiger partial charge is 0.382 e. The maximum Gasteiger partial charge on any atom is 0.146 e. The van der Waals surface area contributed by atoms with Crippen molar-refractivity contribution >= 4 is 0 Å². The van der Waals surface area contributed by atoms with Crippen molar-refractivity contribution in [1.29, 1.82) is 0 Å². The number of halogens is 1. The van der Waals surface area contributed by atoms with E-state index in [1.165, 1.54) is 20.0 Å². The molecule has 3 nitrogen and oxygen atoms in total. The van der Waals surface area contributed by atoms with Gasteiger partial charge in [-0.05, 0) is 26.7 Å². The molecule has 1 aliphatic rings. The summed E-state index contributed by atoms with van der Waals surface area (Å²) in [6, 6.07) is 0. The second kappa shape index (κ2) is 2.32. The molecule has 0 bridgehead atoms. The summed E-state index contributed by atoms with van der Waals surface area (Å²) < 4.78 is 13.4. The SMILES string of the molecule is CC(C)(F)c1cnc(C2(O)CC2)[nH]1. The molecule has 0 amide bonds. The number of hydrogen-bond donors (Lipinski definition) is 2. The van der Waals surface area contributed by atoms with E-state index in [0.29, 0.717) is 24.4 Å². The first-order valence-electron chi connectivity index (χ1n) is 4.39. The molecule has 13 heavy (non-hydrogen) atoms. The van der Waals surface area contributed by atoms with Gasteiger partial charge in [0.25, 0.3) is 0 Å². The van der Waals surface area contributed by atoms with Crippen molar-refractivity contribution in [3.05, 3.63) is 17.7 Å². The first-order chi connectivity index (χ1) is 5.92. The molecule has 0 aromatic carbocycles. The average molecular weight is 184 g/mol. The van der Waals surface area contributed by atoms with Gasteiger partial charge >= 0.3 is 0 Å². The molecule has 0 spiro atoms. The molecule has 0 atom stereocenters. The van der Waals surface area contributed by atoms with Gasteiger partial charge in [0.2, 0.25) is 0 Å². The van der Waals surface area contributed by atoms with Crippen LogP contribution in [0, 0.1) is 0 Å². The van der Waals surface area contributed by atoms with Crippen LogP contribution < -0.4 is 0 Å². The van der Waals surface area contributed by atoms with Gasteiger partial charge < -0.3 is 10.1 Å². The van der Waals surface area contributed by atoms with Crippen molar-refractivity contribution in [2.45, 2.75) is 38.0 Å². The van der Waals surface area contributed by atoms with Crippen molar-refractivity contribution in [1.82, 2.24) is 9.97 Å². The Labute approximate surface area is 76.0 Å². The number of nitrogens with one attached hydrogen (secondary N) is 1. The summed E-state index contributed by atoms with van der Waals surface area (Å²) in [6.45, 7) is 2.92. The van der Waals surface area contributed by atoms with Gasteiger partial charge in [-0.25, -0.2) is 9.37 Å². The predicted molar refractivity (Wildman–Crippen MR) is 45.9 cm³/mol. The van der Waals surface area contributed by atoms with Gasteiger partial charge in [-0.3, -0.25) is 0 Å². The Morgan fingerprint density at radius 1 is 1.62 bits per heavy atom. The van der Waals surface area contributed by atoms with Crippen molar-refractivity contribution in [2.75, 3.05) is 0 Å². The molecule has 0 unspecified atom stereocenters. The van der Waals surface area contributed by atoms with E-state index >= 15 is 0 Å². The van der Waals surface area contributed by atoms with Crippen LogP contribution >= 0.6 is 0 Å². The van der Waals surface area contributed by atoms with Gasteiger partial charge in [0.05, 0.1) is 11.9 Å². The van der Waals surface area contributed by atoms with Crippen molar-refractivity contribution < 1.29 is 9.50 Å². The van der Waals surface area contributed by atoms with E-state index in [9.17, 15) is 9.50 Å². The van der Waals surface area contributed by atoms with Crippen molar-refractivity contribution in [3.8, 4) is 0 Å². The molecule has 72 valence electrons. The smallest absolute Gasteiger partial charge is 0.146 e. The van der Waals surface area contributed by atoms with E-state index in [0.717, 1.165) is 0 Å². The van der Waals surface area contributed by atoms with Crippen LogP contribution in [0.2, 0.25) is 0 Å². The molecular weight excluding hydrogens is 171 g/mol. The minimum Gasteiger partial charge on any atom is -0.382 e. The molecule has 1 aromatic heterocycles. The van der Waals surface area contributed by atoms with E-state index in [1.807, 2.05) is 0 Å². The second-order valence-corrected chi connectivity index (χ2v) is 4.15. The quantitative estimate of drug-likeness (QED) is 0.733. The zero-order chi connectivity index (χ0) is 9.69. The minimum absolute atomic E-state index is 0.419. The number of nitrogens with zero attached hydrogens (tertiary/aromatic N) is 1. The Morgan fingerprint density at radius 2 is 2.23 bits per heavy atom. The Balaban J connectivity index is 2.29. The highest BCUT2D eigenvalue weighted by Crippen LogP contribution is 2.44. The zero-order valence-corrected chi connectivity index (χ0v) is 7.76. The summed E-state index contributed by atoms with van der Waals surface area (Å²) in [7, 11) is 0. The summed E-state index contributed by atoms with van der Waals surface area (Å²) in [5.41, 5.74) is -1.80. The van der Waals surface area contributed by atoms with Gasteiger partial charge in [-0.1, -0.05) is 0 Å². The van der Waals surface area contributed by atoms with E-state index in [4.69, 9.17) is 0 Å². The third-order valence-corrected chi connectivity index (χ3v) is 2.38. The van der Waals surface area contributed by atoms with Crippen LogP contribution in [0.4, 0.5) is 4.39 Å². The molecular formula is C9H13FN2O. The monoisotopic (exact) mass is 184 g/mol. The molecule has 1 aliphatic carbocycles. The van der Waals surface area contributed by atoms with Gasteiger partial charge in [0, 0.05) is 0 Å². The van der Waals surface area contributed by atoms with Crippen LogP contribution in [-0.2, 0) is 11.3 Å². The number of hydrogen-bond acceptors (Lipinski definition) is 2. The number of imidazole rings is 1. The third kappa shape index (κ3) is 1.46. The Kier molecular flexibility index (Phi) is 1.55. The van der Waals surface area contributed by atoms with Crippen molar-refractivity contribution in [3.63, 3.8) is 0 Å². The maximum atomic E-state index is 13.4. The molecule has 0 saturated heterocycles. The highest BCUT2D eigenvalue weighted by atomic mass is 19.1. The summed E-state index contributed by atoms with van der Waals surface area (Å²) in [5, 5.41) is 9.66. The van der Waals surface area contributed by atoms with Crippen LogP contribution in [0.25, 0.3) is 0 Å². The average Bonchev–Trinajstić information content (AvgIpc) is 2.60. The first-order valence-corrected chi connectivity index (χ1v) is 4.39. The number of alkyl halides is 1. The standard InChI is InChI=1S/C9H13FN2O/c1-8(2,10)6-5-11-7(12-6)9(13)3-4-9/h5,13H,3-4H2,1-2H3,(H,11,12). The summed E-state index contributed by atoms with van der Waals surface area (Å²) >= 11 is 0. The summed E-state index contributed by atoms with van der Waals surface area (Å²) in [6.07, 6.45) is 2.88. The number of aromatic nitrogens is 2. The number of aromatic amines is 1. The predicted octanol–water partition coefficient (Wildman–Crippen LogP) is 1.60. The third-order valence-electron chi connectivity index (χ3n) is 2.38. The van der Waals surface area contributed by atoms with Crippen LogP contribution in [0.5, 0.6) is 0 Å². The van der Waals surface area contributed by atoms with Gasteiger partial charge in [-0.2, -0.15) is 0 Å². The Bertz CT molecular complexity index is 303. The lowest BCUT2D eigenvalue weighted by atomic mass is 10.1. The Morgan fingerprint density at radius 3 is 2.62 bits per heavy atom. The van der Waals surface area contributed by atoms with Gasteiger partial charge in [-0.15, -0.1) is 0 Å². The first kappa shape index (κ1) is 8.69. The zero-order valence-electron chi connectivity index (χ0n) is 7.76. The molecule has 1 aromatic rings. The number of H-pyrrole nitrogens is 1. The summed E-state index contributed by atoms with van der Waals surface area (Å²) in [5.74, 6) is 0.494. The fraction of sp³-hybridized carbons (Fsp3) is 0.667. The number of rotatable bonds is 2. The van der Waals surface area contributed by atoms with E-state index in [-0.39, 0.29) is 0 Å². The molecule has 1 heterocycles. The lowest BCUT2D eigenvalue weighted by Crippen LogP contribution is -2.11. The molecule has 0 aliphatic heterocycles. The maximum absolute atomic E-state index is 13.4. The fourth-order valence-electron chi connectivity index (χ4n) is 1.22. The molecule has 1 fully saturated rings. The number of aliphatic hydroxyl groups is 1. The van der Waals surface area contributed by atoms with Crippen LogP contribution in [-0.4, -0.2) is 15.1 Å². The normalized spacial score (nSPS) is 20.3. The van der Waals surface area contributed by atoms with Gasteiger partial charge in [0.1, 0.15) is 17.1 Å². The fourth-order valence-corrected chi connectivity index (χ4v) is 1.22. The molecule has 4 heteroatoms. The summed E-state index contributed by atoms with van der Waals surface area (Å²) in [4.78, 5) is 6.79. The van der Waals surface area contributed by atoms with Crippen molar-refractivity contribution in [2.24, 2.45) is 0 Å². The minimum atomic E-state index is -1.42.